The van der Waals surface area contributed by atoms with Crippen LogP contribution in [0.2, 0.25) is 0 Å². The standard InChI is InChI=1S/C40H23N3O2/c1-2-10-25-24(9-1)18-19-27-26-11-3-4-12-28(26)34(23-31(25)27)43(32-15-7-17-36-37(32)30-14-8-21-42-40(30)45-36)33-20-22-41-38-29-13-5-6-16-35(29)44-39(33)38/h1-23H. The van der Waals surface area contributed by atoms with Crippen LogP contribution in [0.15, 0.2) is 149 Å². The van der Waals surface area contributed by atoms with Crippen LogP contribution >= 0.6 is 0 Å². The minimum Gasteiger partial charge on any atom is -0.452 e. The number of anilines is 3. The van der Waals surface area contributed by atoms with Gasteiger partial charge in [-0.05, 0) is 75.5 Å². The van der Waals surface area contributed by atoms with Crippen molar-refractivity contribution in [3.63, 3.8) is 0 Å². The highest BCUT2D eigenvalue weighted by Crippen LogP contribution is 2.49. The van der Waals surface area contributed by atoms with E-state index in [1.165, 1.54) is 26.9 Å². The molecule has 0 aliphatic heterocycles. The van der Waals surface area contributed by atoms with Crippen LogP contribution in [0.25, 0.3) is 76.5 Å². The molecule has 0 saturated carbocycles. The van der Waals surface area contributed by atoms with E-state index in [2.05, 4.69) is 94.8 Å². The molecule has 0 atom stereocenters. The summed E-state index contributed by atoms with van der Waals surface area (Å²) in [4.78, 5) is 11.7. The lowest BCUT2D eigenvalue weighted by atomic mass is 9.95. The molecule has 5 nitrogen and oxygen atoms in total. The number of hydrogen-bond acceptors (Lipinski definition) is 5. The van der Waals surface area contributed by atoms with E-state index in [0.29, 0.717) is 5.71 Å². The van der Waals surface area contributed by atoms with E-state index in [1.807, 2.05) is 48.7 Å². The van der Waals surface area contributed by atoms with Crippen molar-refractivity contribution in [1.82, 2.24) is 9.97 Å². The smallest absolute Gasteiger partial charge is 0.227 e. The molecule has 0 aliphatic rings. The molecular weight excluding hydrogens is 554 g/mol. The fourth-order valence-corrected chi connectivity index (χ4v) is 7.01. The van der Waals surface area contributed by atoms with Crippen molar-refractivity contribution in [2.45, 2.75) is 0 Å². The Morgan fingerprint density at radius 2 is 1.20 bits per heavy atom. The summed E-state index contributed by atoms with van der Waals surface area (Å²) in [5, 5.41) is 10.1. The van der Waals surface area contributed by atoms with Crippen molar-refractivity contribution in [3.05, 3.63) is 140 Å². The molecule has 0 bridgehead atoms. The first-order valence-corrected chi connectivity index (χ1v) is 15.0. The van der Waals surface area contributed by atoms with Gasteiger partial charge >= 0.3 is 0 Å². The molecule has 0 amide bonds. The Bertz CT molecular complexity index is 2790. The van der Waals surface area contributed by atoms with Crippen LogP contribution in [0.3, 0.4) is 0 Å². The van der Waals surface area contributed by atoms with Crippen molar-refractivity contribution < 1.29 is 8.83 Å². The van der Waals surface area contributed by atoms with Crippen molar-refractivity contribution in [3.8, 4) is 0 Å². The Morgan fingerprint density at radius 3 is 2.13 bits per heavy atom. The van der Waals surface area contributed by atoms with Gasteiger partial charge in [0, 0.05) is 23.2 Å². The number of furan rings is 2. The van der Waals surface area contributed by atoms with E-state index in [-0.39, 0.29) is 0 Å². The topological polar surface area (TPSA) is 55.3 Å². The zero-order chi connectivity index (χ0) is 29.5. The van der Waals surface area contributed by atoms with Crippen molar-refractivity contribution in [2.75, 3.05) is 4.90 Å². The SMILES string of the molecule is c1ccc2c(c1)ccc1c3ccccc3c(N(c3ccnc4c3oc3ccccc34)c3cccc4oc5ncccc5c34)cc21. The van der Waals surface area contributed by atoms with Gasteiger partial charge in [-0.3, -0.25) is 4.98 Å². The summed E-state index contributed by atoms with van der Waals surface area (Å²) in [6, 6.07) is 44.4. The van der Waals surface area contributed by atoms with Crippen LogP contribution in [0, 0.1) is 0 Å². The van der Waals surface area contributed by atoms with E-state index < -0.39 is 0 Å². The monoisotopic (exact) mass is 577 g/mol. The minimum absolute atomic E-state index is 0.609. The predicted octanol–water partition coefficient (Wildman–Crippen LogP) is 11.2. The molecule has 0 unspecified atom stereocenters. The summed E-state index contributed by atoms with van der Waals surface area (Å²) < 4.78 is 12.9. The van der Waals surface area contributed by atoms with E-state index in [9.17, 15) is 0 Å². The summed E-state index contributed by atoms with van der Waals surface area (Å²) in [7, 11) is 0. The first kappa shape index (κ1) is 24.3. The molecule has 0 aliphatic carbocycles. The number of aromatic nitrogens is 2. The third-order valence-corrected chi connectivity index (χ3v) is 8.96. The molecule has 10 rings (SSSR count). The van der Waals surface area contributed by atoms with Gasteiger partial charge in [0.1, 0.15) is 16.7 Å². The van der Waals surface area contributed by atoms with E-state index >= 15 is 0 Å². The molecule has 4 aromatic heterocycles. The molecule has 0 fully saturated rings. The Kier molecular flexibility index (Phi) is 4.93. The molecule has 5 heteroatoms. The van der Waals surface area contributed by atoms with Crippen LogP contribution in [0.5, 0.6) is 0 Å². The lowest BCUT2D eigenvalue weighted by Gasteiger charge is -2.28. The fraction of sp³-hybridized carbons (Fsp3) is 0. The molecule has 4 heterocycles. The highest BCUT2D eigenvalue weighted by atomic mass is 16.3. The summed E-state index contributed by atoms with van der Waals surface area (Å²) in [6.45, 7) is 0. The Balaban J connectivity index is 1.41. The van der Waals surface area contributed by atoms with Crippen LogP contribution in [0.4, 0.5) is 17.1 Å². The molecule has 0 spiro atoms. The van der Waals surface area contributed by atoms with Gasteiger partial charge in [-0.2, -0.15) is 0 Å². The largest absolute Gasteiger partial charge is 0.452 e. The number of hydrogen-bond donors (Lipinski definition) is 0. The number of fused-ring (bicyclic) bond motifs is 11. The first-order chi connectivity index (χ1) is 22.3. The minimum atomic E-state index is 0.609. The Hall–Kier alpha value is -6.20. The Labute approximate surface area is 256 Å². The molecule has 0 radical (unpaired) electrons. The van der Waals surface area contributed by atoms with Gasteiger partial charge in [0.05, 0.1) is 27.8 Å². The average molecular weight is 578 g/mol. The summed E-state index contributed by atoms with van der Waals surface area (Å²) >= 11 is 0. The second-order valence-corrected chi connectivity index (χ2v) is 11.4. The van der Waals surface area contributed by atoms with Gasteiger partial charge in [0.25, 0.3) is 0 Å². The van der Waals surface area contributed by atoms with Crippen molar-refractivity contribution in [1.29, 1.82) is 0 Å². The Morgan fingerprint density at radius 1 is 0.444 bits per heavy atom. The number of para-hydroxylation sites is 1. The third-order valence-electron chi connectivity index (χ3n) is 8.96. The average Bonchev–Trinajstić information content (AvgIpc) is 3.68. The number of nitrogens with zero attached hydrogens (tertiary/aromatic N) is 3. The lowest BCUT2D eigenvalue weighted by Crippen LogP contribution is -2.11. The van der Waals surface area contributed by atoms with Crippen molar-refractivity contribution >= 4 is 93.5 Å². The number of rotatable bonds is 3. The van der Waals surface area contributed by atoms with Gasteiger partial charge in [0.2, 0.25) is 5.71 Å². The van der Waals surface area contributed by atoms with E-state index in [0.717, 1.165) is 60.9 Å². The van der Waals surface area contributed by atoms with Gasteiger partial charge < -0.3 is 13.7 Å². The van der Waals surface area contributed by atoms with Crippen LogP contribution < -0.4 is 4.90 Å². The zero-order valence-electron chi connectivity index (χ0n) is 23.9. The van der Waals surface area contributed by atoms with Gasteiger partial charge in [0.15, 0.2) is 5.58 Å². The number of pyridine rings is 2. The lowest BCUT2D eigenvalue weighted by molar-refractivity contribution is 0.654. The second kappa shape index (κ2) is 9.15. The quantitative estimate of drug-likeness (QED) is 0.196. The molecule has 0 saturated heterocycles. The van der Waals surface area contributed by atoms with Gasteiger partial charge in [-0.1, -0.05) is 78.9 Å². The van der Waals surface area contributed by atoms with Crippen LogP contribution in [-0.4, -0.2) is 9.97 Å². The van der Waals surface area contributed by atoms with Gasteiger partial charge in [-0.25, -0.2) is 4.98 Å². The summed E-state index contributed by atoms with van der Waals surface area (Å²) in [5.74, 6) is 0. The number of benzene rings is 6. The highest BCUT2D eigenvalue weighted by molar-refractivity contribution is 6.23. The van der Waals surface area contributed by atoms with E-state index in [4.69, 9.17) is 13.8 Å². The second-order valence-electron chi connectivity index (χ2n) is 11.4. The normalized spacial score (nSPS) is 12.0. The maximum atomic E-state index is 6.62. The van der Waals surface area contributed by atoms with Crippen LogP contribution in [-0.2, 0) is 0 Å². The third kappa shape index (κ3) is 3.43. The van der Waals surface area contributed by atoms with Crippen LogP contribution in [0.1, 0.15) is 0 Å². The molecule has 45 heavy (non-hydrogen) atoms. The first-order valence-electron chi connectivity index (χ1n) is 15.0. The predicted molar refractivity (Wildman–Crippen MR) is 184 cm³/mol. The molecular formula is C40H23N3O2. The zero-order valence-corrected chi connectivity index (χ0v) is 23.9. The summed E-state index contributed by atoms with van der Waals surface area (Å²) in [5.41, 5.74) is 6.64. The molecule has 6 aromatic carbocycles. The summed E-state index contributed by atoms with van der Waals surface area (Å²) in [6.07, 6.45) is 3.64. The van der Waals surface area contributed by atoms with Gasteiger partial charge in [-0.15, -0.1) is 0 Å². The van der Waals surface area contributed by atoms with Crippen molar-refractivity contribution in [2.24, 2.45) is 0 Å². The highest BCUT2D eigenvalue weighted by Gasteiger charge is 2.25. The molecule has 10 aromatic rings. The maximum absolute atomic E-state index is 6.62. The molecule has 210 valence electrons. The fourth-order valence-electron chi connectivity index (χ4n) is 7.01. The maximum Gasteiger partial charge on any atom is 0.227 e. The molecule has 0 N–H and O–H groups in total. The van der Waals surface area contributed by atoms with E-state index in [1.54, 1.807) is 6.20 Å².